The molecule has 0 aromatic heterocycles. The van der Waals surface area contributed by atoms with Gasteiger partial charge in [-0.3, -0.25) is 19.2 Å². The zero-order valence-electron chi connectivity index (χ0n) is 16.7. The summed E-state index contributed by atoms with van der Waals surface area (Å²) in [7, 11) is 0. The zero-order chi connectivity index (χ0) is 22.7. The van der Waals surface area contributed by atoms with E-state index in [4.69, 9.17) is 15.9 Å². The number of carboxylic acid groups (broad SMARTS) is 2. The highest BCUT2D eigenvalue weighted by atomic mass is 16.4. The standard InChI is InChI=1S/C17H30N4O8/c1-8(2)6-12(17(28)29)21-16(27)11(4-5-13(23)24)20-14(25)9(3)19-15(26)10(18)7-22/h8-12,22H,4-7,18H2,1-3H3,(H,19,26)(H,20,25)(H,21,27)(H,23,24)(H,28,29). The van der Waals surface area contributed by atoms with Gasteiger partial charge in [-0.25, -0.2) is 4.79 Å². The van der Waals surface area contributed by atoms with E-state index in [2.05, 4.69) is 16.0 Å². The monoisotopic (exact) mass is 418 g/mol. The van der Waals surface area contributed by atoms with Crippen molar-refractivity contribution < 1.29 is 39.3 Å². The van der Waals surface area contributed by atoms with Gasteiger partial charge in [-0.1, -0.05) is 13.8 Å². The molecule has 0 fully saturated rings. The molecule has 0 aliphatic carbocycles. The van der Waals surface area contributed by atoms with Crippen molar-refractivity contribution in [3.63, 3.8) is 0 Å². The molecule has 4 atom stereocenters. The Morgan fingerprint density at radius 2 is 1.41 bits per heavy atom. The zero-order valence-corrected chi connectivity index (χ0v) is 16.7. The van der Waals surface area contributed by atoms with Gasteiger partial charge >= 0.3 is 11.9 Å². The Morgan fingerprint density at radius 1 is 0.862 bits per heavy atom. The summed E-state index contributed by atoms with van der Waals surface area (Å²) in [4.78, 5) is 58.6. The number of aliphatic hydroxyl groups excluding tert-OH is 1. The van der Waals surface area contributed by atoms with E-state index in [1.807, 2.05) is 0 Å². The van der Waals surface area contributed by atoms with Crippen LogP contribution in [-0.2, 0) is 24.0 Å². The molecule has 8 N–H and O–H groups in total. The van der Waals surface area contributed by atoms with Gasteiger partial charge in [-0.15, -0.1) is 0 Å². The predicted octanol–water partition coefficient (Wildman–Crippen LogP) is -2.22. The second-order valence-corrected chi connectivity index (χ2v) is 7.04. The maximum atomic E-state index is 12.5. The van der Waals surface area contributed by atoms with Crippen LogP contribution in [-0.4, -0.2) is 75.8 Å². The first-order chi connectivity index (χ1) is 13.4. The third-order valence-electron chi connectivity index (χ3n) is 3.89. The topological polar surface area (TPSA) is 208 Å². The van der Waals surface area contributed by atoms with Crippen LogP contribution in [0.4, 0.5) is 0 Å². The average Bonchev–Trinajstić information content (AvgIpc) is 2.62. The van der Waals surface area contributed by atoms with Crippen molar-refractivity contribution in [1.82, 2.24) is 16.0 Å². The van der Waals surface area contributed by atoms with Crippen molar-refractivity contribution in [2.45, 2.75) is 64.2 Å². The molecule has 0 saturated heterocycles. The lowest BCUT2D eigenvalue weighted by atomic mass is 10.0. The molecule has 0 aromatic rings. The average molecular weight is 418 g/mol. The molecule has 0 aromatic carbocycles. The lowest BCUT2D eigenvalue weighted by molar-refractivity contribution is -0.143. The molecule has 0 radical (unpaired) electrons. The van der Waals surface area contributed by atoms with Crippen LogP contribution in [0.15, 0.2) is 0 Å². The summed E-state index contributed by atoms with van der Waals surface area (Å²) in [5, 5.41) is 33.8. The van der Waals surface area contributed by atoms with Crippen LogP contribution in [0.1, 0.15) is 40.0 Å². The minimum absolute atomic E-state index is 0.0329. The Balaban J connectivity index is 5.17. The molecule has 29 heavy (non-hydrogen) atoms. The van der Waals surface area contributed by atoms with Gasteiger partial charge in [-0.2, -0.15) is 0 Å². The number of hydrogen-bond acceptors (Lipinski definition) is 7. The van der Waals surface area contributed by atoms with E-state index in [9.17, 15) is 29.1 Å². The summed E-state index contributed by atoms with van der Waals surface area (Å²) < 4.78 is 0. The van der Waals surface area contributed by atoms with E-state index < -0.39 is 66.9 Å². The van der Waals surface area contributed by atoms with Crippen LogP contribution in [0.3, 0.4) is 0 Å². The van der Waals surface area contributed by atoms with E-state index in [1.165, 1.54) is 6.92 Å². The molecule has 0 heterocycles. The van der Waals surface area contributed by atoms with Crippen molar-refractivity contribution in [3.8, 4) is 0 Å². The molecule has 0 bridgehead atoms. The second kappa shape index (κ2) is 12.7. The van der Waals surface area contributed by atoms with E-state index in [-0.39, 0.29) is 18.8 Å². The second-order valence-electron chi connectivity index (χ2n) is 7.04. The van der Waals surface area contributed by atoms with Gasteiger partial charge in [0.25, 0.3) is 0 Å². The minimum atomic E-state index is -1.32. The number of carboxylic acids is 2. The summed E-state index contributed by atoms with van der Waals surface area (Å²) in [6.07, 6.45) is -0.583. The van der Waals surface area contributed by atoms with E-state index in [0.717, 1.165) is 0 Å². The fraction of sp³-hybridized carbons (Fsp3) is 0.706. The Bertz CT molecular complexity index is 610. The summed E-state index contributed by atoms with van der Waals surface area (Å²) in [6, 6.07) is -4.89. The van der Waals surface area contributed by atoms with Crippen molar-refractivity contribution in [2.24, 2.45) is 11.7 Å². The summed E-state index contributed by atoms with van der Waals surface area (Å²) in [5.41, 5.74) is 5.34. The Kier molecular flexibility index (Phi) is 11.5. The van der Waals surface area contributed by atoms with E-state index in [1.54, 1.807) is 13.8 Å². The third-order valence-corrected chi connectivity index (χ3v) is 3.89. The molecule has 4 unspecified atom stereocenters. The van der Waals surface area contributed by atoms with Gasteiger partial charge in [0.05, 0.1) is 6.61 Å². The molecule has 0 rings (SSSR count). The van der Waals surface area contributed by atoms with Gasteiger partial charge in [-0.05, 0) is 25.7 Å². The predicted molar refractivity (Wildman–Crippen MR) is 100 cm³/mol. The molecular formula is C17H30N4O8. The van der Waals surface area contributed by atoms with Crippen molar-refractivity contribution in [2.75, 3.05) is 6.61 Å². The molecule has 0 saturated carbocycles. The number of carbonyl (C=O) groups excluding carboxylic acids is 3. The first-order valence-electron chi connectivity index (χ1n) is 9.11. The highest BCUT2D eigenvalue weighted by molar-refractivity contribution is 5.94. The summed E-state index contributed by atoms with van der Waals surface area (Å²) in [6.45, 7) is 4.22. The third kappa shape index (κ3) is 10.4. The smallest absolute Gasteiger partial charge is 0.326 e. The van der Waals surface area contributed by atoms with Crippen molar-refractivity contribution >= 4 is 29.7 Å². The Labute approximate surface area is 168 Å². The highest BCUT2D eigenvalue weighted by Gasteiger charge is 2.29. The van der Waals surface area contributed by atoms with Gasteiger partial charge in [0.15, 0.2) is 0 Å². The first kappa shape index (κ1) is 26.3. The SMILES string of the molecule is CC(C)CC(NC(=O)C(CCC(=O)O)NC(=O)C(C)NC(=O)C(N)CO)C(=O)O. The Morgan fingerprint density at radius 3 is 1.86 bits per heavy atom. The van der Waals surface area contributed by atoms with Gasteiger partial charge < -0.3 is 37.0 Å². The lowest BCUT2D eigenvalue weighted by Gasteiger charge is -2.24. The normalized spacial score (nSPS) is 15.0. The van der Waals surface area contributed by atoms with Crippen LogP contribution >= 0.6 is 0 Å². The number of hydrogen-bond donors (Lipinski definition) is 7. The van der Waals surface area contributed by atoms with Crippen LogP contribution in [0.5, 0.6) is 0 Å². The molecule has 12 heteroatoms. The van der Waals surface area contributed by atoms with Crippen LogP contribution < -0.4 is 21.7 Å². The van der Waals surface area contributed by atoms with E-state index in [0.29, 0.717) is 0 Å². The molecule has 0 spiro atoms. The number of amides is 3. The highest BCUT2D eigenvalue weighted by Crippen LogP contribution is 2.07. The number of nitrogens with two attached hydrogens (primary N) is 1. The number of nitrogens with one attached hydrogen (secondary N) is 3. The lowest BCUT2D eigenvalue weighted by Crippen LogP contribution is -2.56. The fourth-order valence-corrected chi connectivity index (χ4v) is 2.27. The van der Waals surface area contributed by atoms with Crippen LogP contribution in [0.25, 0.3) is 0 Å². The van der Waals surface area contributed by atoms with Gasteiger partial charge in [0.1, 0.15) is 24.2 Å². The minimum Gasteiger partial charge on any atom is -0.481 e. The molecule has 3 amide bonds. The van der Waals surface area contributed by atoms with Crippen molar-refractivity contribution in [1.29, 1.82) is 0 Å². The first-order valence-corrected chi connectivity index (χ1v) is 9.11. The number of aliphatic carboxylic acids is 2. The largest absolute Gasteiger partial charge is 0.481 e. The Hall–Kier alpha value is -2.73. The molecule has 166 valence electrons. The van der Waals surface area contributed by atoms with Crippen LogP contribution in [0.2, 0.25) is 0 Å². The molecule has 12 nitrogen and oxygen atoms in total. The van der Waals surface area contributed by atoms with Gasteiger partial charge in [0.2, 0.25) is 17.7 Å². The molecule has 0 aliphatic heterocycles. The fourth-order valence-electron chi connectivity index (χ4n) is 2.27. The number of rotatable bonds is 13. The van der Waals surface area contributed by atoms with Gasteiger partial charge in [0, 0.05) is 6.42 Å². The summed E-state index contributed by atoms with van der Waals surface area (Å²) >= 11 is 0. The summed E-state index contributed by atoms with van der Waals surface area (Å²) in [5.74, 6) is -4.93. The quantitative estimate of drug-likeness (QED) is 0.172. The number of aliphatic hydroxyl groups is 1. The molecule has 0 aliphatic rings. The maximum Gasteiger partial charge on any atom is 0.326 e. The maximum absolute atomic E-state index is 12.5. The number of carbonyl (C=O) groups is 5. The molecular weight excluding hydrogens is 388 g/mol. The van der Waals surface area contributed by atoms with Crippen molar-refractivity contribution in [3.05, 3.63) is 0 Å². The van der Waals surface area contributed by atoms with Crippen LogP contribution in [0, 0.1) is 5.92 Å². The van der Waals surface area contributed by atoms with E-state index >= 15 is 0 Å².